The van der Waals surface area contributed by atoms with E-state index in [2.05, 4.69) is 4.98 Å². The summed E-state index contributed by atoms with van der Waals surface area (Å²) in [4.78, 5) is 15.3. The van der Waals surface area contributed by atoms with Gasteiger partial charge in [0.1, 0.15) is 28.8 Å². The molecule has 5 heteroatoms. The molecule has 1 aromatic heterocycles. The lowest BCUT2D eigenvalue weighted by Gasteiger charge is -2.06. The fraction of sp³-hybridized carbons (Fsp3) is 0.143. The SMILES string of the molecule is CCC(=O)c1ccc(Oc2cc(F)cc(F)c2)cn1. The van der Waals surface area contributed by atoms with E-state index in [1.165, 1.54) is 18.3 Å². The topological polar surface area (TPSA) is 39.2 Å². The normalized spacial score (nSPS) is 10.3. The summed E-state index contributed by atoms with van der Waals surface area (Å²) < 4.78 is 31.2. The molecule has 1 heterocycles. The first kappa shape index (κ1) is 13.1. The molecule has 0 amide bonds. The Hall–Kier alpha value is -2.30. The second-order valence-corrected chi connectivity index (χ2v) is 3.86. The number of pyridine rings is 1. The van der Waals surface area contributed by atoms with Gasteiger partial charge in [0.05, 0.1) is 6.20 Å². The van der Waals surface area contributed by atoms with Gasteiger partial charge in [-0.15, -0.1) is 0 Å². The number of aromatic nitrogens is 1. The Morgan fingerprint density at radius 2 is 1.84 bits per heavy atom. The third-order valence-corrected chi connectivity index (χ3v) is 2.41. The van der Waals surface area contributed by atoms with Crippen LogP contribution in [-0.4, -0.2) is 10.8 Å². The molecule has 1 aromatic carbocycles. The van der Waals surface area contributed by atoms with Crippen LogP contribution in [0.2, 0.25) is 0 Å². The van der Waals surface area contributed by atoms with Gasteiger partial charge >= 0.3 is 0 Å². The summed E-state index contributed by atoms with van der Waals surface area (Å²) in [5, 5.41) is 0. The molecule has 98 valence electrons. The minimum absolute atomic E-state index is 0.0360. The summed E-state index contributed by atoms with van der Waals surface area (Å²) >= 11 is 0. The molecule has 0 aliphatic heterocycles. The van der Waals surface area contributed by atoms with Crippen molar-refractivity contribution in [1.82, 2.24) is 4.98 Å². The molecule has 0 unspecified atom stereocenters. The van der Waals surface area contributed by atoms with Crippen molar-refractivity contribution in [3.05, 3.63) is 53.9 Å². The number of ketones is 1. The number of carbonyl (C=O) groups excluding carboxylic acids is 1. The van der Waals surface area contributed by atoms with Gasteiger partial charge in [0.15, 0.2) is 5.78 Å². The quantitative estimate of drug-likeness (QED) is 0.789. The van der Waals surface area contributed by atoms with Gasteiger partial charge in [-0.25, -0.2) is 13.8 Å². The number of benzene rings is 1. The number of rotatable bonds is 4. The van der Waals surface area contributed by atoms with Gasteiger partial charge in [0.2, 0.25) is 0 Å². The molecule has 0 spiro atoms. The first-order valence-electron chi connectivity index (χ1n) is 5.71. The van der Waals surface area contributed by atoms with Gasteiger partial charge < -0.3 is 4.74 Å². The molecule has 0 bridgehead atoms. The van der Waals surface area contributed by atoms with E-state index in [0.29, 0.717) is 17.9 Å². The van der Waals surface area contributed by atoms with Crippen LogP contribution in [0.15, 0.2) is 36.5 Å². The van der Waals surface area contributed by atoms with Crippen molar-refractivity contribution in [2.75, 3.05) is 0 Å². The third kappa shape index (κ3) is 3.34. The summed E-state index contributed by atoms with van der Waals surface area (Å²) in [5.41, 5.74) is 0.334. The van der Waals surface area contributed by atoms with Gasteiger partial charge in [-0.2, -0.15) is 0 Å². The van der Waals surface area contributed by atoms with Crippen LogP contribution in [0.3, 0.4) is 0 Å². The van der Waals surface area contributed by atoms with E-state index in [4.69, 9.17) is 4.74 Å². The second kappa shape index (κ2) is 5.56. The first-order valence-corrected chi connectivity index (χ1v) is 5.71. The van der Waals surface area contributed by atoms with Gasteiger partial charge in [0.25, 0.3) is 0 Å². The molecule has 19 heavy (non-hydrogen) atoms. The van der Waals surface area contributed by atoms with Gasteiger partial charge in [-0.3, -0.25) is 4.79 Å². The second-order valence-electron chi connectivity index (χ2n) is 3.86. The van der Waals surface area contributed by atoms with Crippen LogP contribution in [0, 0.1) is 11.6 Å². The highest BCUT2D eigenvalue weighted by molar-refractivity contribution is 5.93. The van der Waals surface area contributed by atoms with Crippen molar-refractivity contribution in [3.63, 3.8) is 0 Å². The average Bonchev–Trinajstić information content (AvgIpc) is 2.37. The number of carbonyl (C=O) groups is 1. The van der Waals surface area contributed by atoms with Crippen molar-refractivity contribution in [2.45, 2.75) is 13.3 Å². The van der Waals surface area contributed by atoms with Gasteiger partial charge in [0, 0.05) is 24.6 Å². The van der Waals surface area contributed by atoms with Crippen LogP contribution >= 0.6 is 0 Å². The van der Waals surface area contributed by atoms with E-state index in [1.54, 1.807) is 6.92 Å². The molecule has 0 aliphatic carbocycles. The zero-order chi connectivity index (χ0) is 13.8. The number of ether oxygens (including phenoxy) is 1. The molecule has 0 saturated carbocycles. The molecule has 0 atom stereocenters. The maximum atomic E-state index is 13.0. The smallest absolute Gasteiger partial charge is 0.180 e. The molecule has 0 N–H and O–H groups in total. The molecule has 0 aliphatic rings. The standard InChI is InChI=1S/C14H11F2NO2/c1-2-14(18)13-4-3-11(8-17-13)19-12-6-9(15)5-10(16)7-12/h3-8H,2H2,1H3. The van der Waals surface area contributed by atoms with Gasteiger partial charge in [-0.05, 0) is 12.1 Å². The predicted octanol–water partition coefficient (Wildman–Crippen LogP) is 3.74. The third-order valence-electron chi connectivity index (χ3n) is 2.41. The summed E-state index contributed by atoms with van der Waals surface area (Å²) in [6, 6.07) is 5.92. The summed E-state index contributed by atoms with van der Waals surface area (Å²) in [6.45, 7) is 1.74. The zero-order valence-corrected chi connectivity index (χ0v) is 10.2. The Labute approximate surface area is 108 Å². The highest BCUT2D eigenvalue weighted by atomic mass is 19.1. The minimum Gasteiger partial charge on any atom is -0.456 e. The highest BCUT2D eigenvalue weighted by Gasteiger charge is 2.06. The number of Topliss-reactive ketones (excluding diaryl/α,β-unsaturated/α-hetero) is 1. The van der Waals surface area contributed by atoms with Crippen LogP contribution in [0.25, 0.3) is 0 Å². The number of hydrogen-bond acceptors (Lipinski definition) is 3. The van der Waals surface area contributed by atoms with Crippen molar-refractivity contribution >= 4 is 5.78 Å². The van der Waals surface area contributed by atoms with Crippen LogP contribution in [0.4, 0.5) is 8.78 Å². The maximum Gasteiger partial charge on any atom is 0.180 e. The molecule has 0 saturated heterocycles. The van der Waals surface area contributed by atoms with Crippen molar-refractivity contribution in [1.29, 1.82) is 0 Å². The van der Waals surface area contributed by atoms with Crippen molar-refractivity contribution < 1.29 is 18.3 Å². The summed E-state index contributed by atoms with van der Waals surface area (Å²) in [5.74, 6) is -1.18. The molecule has 0 radical (unpaired) electrons. The van der Waals surface area contributed by atoms with Crippen LogP contribution in [-0.2, 0) is 0 Å². The van der Waals surface area contributed by atoms with Crippen LogP contribution in [0.1, 0.15) is 23.8 Å². The predicted molar refractivity (Wildman–Crippen MR) is 65.3 cm³/mol. The van der Waals surface area contributed by atoms with E-state index >= 15 is 0 Å². The van der Waals surface area contributed by atoms with E-state index in [0.717, 1.165) is 18.2 Å². The lowest BCUT2D eigenvalue weighted by atomic mass is 10.2. The Kier molecular flexibility index (Phi) is 3.85. The molecule has 2 rings (SSSR count). The number of halogens is 2. The van der Waals surface area contributed by atoms with E-state index in [9.17, 15) is 13.6 Å². The molecular formula is C14H11F2NO2. The number of hydrogen-bond donors (Lipinski definition) is 0. The van der Waals surface area contributed by atoms with E-state index in [1.807, 2.05) is 0 Å². The minimum atomic E-state index is -0.722. The Balaban J connectivity index is 2.17. The van der Waals surface area contributed by atoms with Crippen LogP contribution in [0.5, 0.6) is 11.5 Å². The lowest BCUT2D eigenvalue weighted by Crippen LogP contribution is -1.99. The van der Waals surface area contributed by atoms with Crippen LogP contribution < -0.4 is 4.74 Å². The molecule has 2 aromatic rings. The van der Waals surface area contributed by atoms with Crippen molar-refractivity contribution in [3.8, 4) is 11.5 Å². The maximum absolute atomic E-state index is 13.0. The Morgan fingerprint density at radius 3 is 2.37 bits per heavy atom. The molecule has 3 nitrogen and oxygen atoms in total. The number of nitrogens with zero attached hydrogens (tertiary/aromatic N) is 1. The fourth-order valence-corrected chi connectivity index (χ4v) is 1.51. The Morgan fingerprint density at radius 1 is 1.16 bits per heavy atom. The zero-order valence-electron chi connectivity index (χ0n) is 10.2. The average molecular weight is 263 g/mol. The van der Waals surface area contributed by atoms with E-state index in [-0.39, 0.29) is 11.5 Å². The largest absolute Gasteiger partial charge is 0.456 e. The lowest BCUT2D eigenvalue weighted by molar-refractivity contribution is 0.0983. The fourth-order valence-electron chi connectivity index (χ4n) is 1.51. The Bertz CT molecular complexity index is 577. The summed E-state index contributed by atoms with van der Waals surface area (Å²) in [6.07, 6.45) is 1.70. The molecular weight excluding hydrogens is 252 g/mol. The van der Waals surface area contributed by atoms with Gasteiger partial charge in [-0.1, -0.05) is 6.92 Å². The van der Waals surface area contributed by atoms with Crippen molar-refractivity contribution in [2.24, 2.45) is 0 Å². The molecule has 0 fully saturated rings. The monoisotopic (exact) mass is 263 g/mol. The summed E-state index contributed by atoms with van der Waals surface area (Å²) in [7, 11) is 0. The van der Waals surface area contributed by atoms with E-state index < -0.39 is 11.6 Å². The highest BCUT2D eigenvalue weighted by Crippen LogP contribution is 2.22. The first-order chi connectivity index (χ1) is 9.08.